The maximum Gasteiger partial charge on any atom is 0.416 e. The van der Waals surface area contributed by atoms with Crippen molar-refractivity contribution in [2.45, 2.75) is 44.7 Å². The summed E-state index contributed by atoms with van der Waals surface area (Å²) in [7, 11) is 1.18. The summed E-state index contributed by atoms with van der Waals surface area (Å²) in [5.41, 5.74) is 0.404. The van der Waals surface area contributed by atoms with E-state index < -0.39 is 35.9 Å². The van der Waals surface area contributed by atoms with Gasteiger partial charge in [-0.3, -0.25) is 0 Å². The molecule has 3 aromatic rings. The van der Waals surface area contributed by atoms with Crippen LogP contribution in [0.5, 0.6) is 0 Å². The van der Waals surface area contributed by atoms with Crippen molar-refractivity contribution in [3.05, 3.63) is 83.4 Å². The zero-order chi connectivity index (χ0) is 28.3. The molecule has 1 atom stereocenters. The van der Waals surface area contributed by atoms with E-state index in [-0.39, 0.29) is 19.6 Å². The molecule has 0 heterocycles. The second-order valence-corrected chi connectivity index (χ2v) is 8.67. The number of esters is 1. The van der Waals surface area contributed by atoms with Crippen molar-refractivity contribution in [1.82, 2.24) is 10.6 Å². The average molecular weight is 547 g/mol. The van der Waals surface area contributed by atoms with Crippen LogP contribution in [0, 0.1) is 0 Å². The maximum absolute atomic E-state index is 12.7. The summed E-state index contributed by atoms with van der Waals surface area (Å²) in [5.74, 6) is -0.677. The minimum Gasteiger partial charge on any atom is -0.467 e. The summed E-state index contributed by atoms with van der Waals surface area (Å²) in [6, 6.07) is 16.9. The lowest BCUT2D eigenvalue weighted by Gasteiger charge is -2.16. The summed E-state index contributed by atoms with van der Waals surface area (Å²) >= 11 is 0. The van der Waals surface area contributed by atoms with Gasteiger partial charge in [0.25, 0.3) is 0 Å². The summed E-state index contributed by atoms with van der Waals surface area (Å²) in [4.78, 5) is 36.2. The SMILES string of the molecule is COC(=O)[C@H](CCCCNC(=O)OCc1ccc2ccccc2c1)NC(=O)OCc1ccc(C(F)(F)F)cc1. The number of unbranched alkanes of at least 4 members (excludes halogenated alkanes) is 1. The van der Waals surface area contributed by atoms with Crippen molar-refractivity contribution in [2.24, 2.45) is 0 Å². The molecular weight excluding hydrogens is 517 g/mol. The molecule has 0 aromatic heterocycles. The largest absolute Gasteiger partial charge is 0.467 e. The number of alkyl halides is 3. The number of fused-ring (bicyclic) bond motifs is 1. The average Bonchev–Trinajstić information content (AvgIpc) is 2.93. The number of rotatable bonds is 11. The van der Waals surface area contributed by atoms with E-state index in [0.29, 0.717) is 24.9 Å². The fraction of sp³-hybridized carbons (Fsp3) is 0.321. The number of carbonyl (C=O) groups excluding carboxylic acids is 3. The second kappa shape index (κ2) is 14.0. The van der Waals surface area contributed by atoms with Gasteiger partial charge in [-0.05, 0) is 59.4 Å². The first kappa shape index (κ1) is 29.3. The third kappa shape index (κ3) is 9.51. The highest BCUT2D eigenvalue weighted by molar-refractivity contribution is 5.83. The van der Waals surface area contributed by atoms with Crippen molar-refractivity contribution in [3.8, 4) is 0 Å². The smallest absolute Gasteiger partial charge is 0.416 e. The molecule has 0 fully saturated rings. The maximum atomic E-state index is 12.7. The zero-order valence-electron chi connectivity index (χ0n) is 21.3. The molecule has 0 saturated heterocycles. The number of methoxy groups -OCH3 is 1. The molecule has 0 radical (unpaired) electrons. The molecular formula is C28H29F3N2O6. The number of hydrogen-bond acceptors (Lipinski definition) is 6. The summed E-state index contributed by atoms with van der Waals surface area (Å²) in [5, 5.41) is 7.18. The predicted octanol–water partition coefficient (Wildman–Crippen LogP) is 5.72. The number of ether oxygens (including phenoxy) is 3. The molecule has 39 heavy (non-hydrogen) atoms. The van der Waals surface area contributed by atoms with Gasteiger partial charge in [-0.1, -0.05) is 48.5 Å². The van der Waals surface area contributed by atoms with Crippen LogP contribution in [0.4, 0.5) is 22.8 Å². The minimum absolute atomic E-state index is 0.125. The van der Waals surface area contributed by atoms with Gasteiger partial charge in [-0.15, -0.1) is 0 Å². The van der Waals surface area contributed by atoms with Crippen molar-refractivity contribution in [3.63, 3.8) is 0 Å². The number of halogens is 3. The minimum atomic E-state index is -4.46. The number of alkyl carbamates (subject to hydrolysis) is 2. The van der Waals surface area contributed by atoms with Crippen LogP contribution in [-0.2, 0) is 38.4 Å². The van der Waals surface area contributed by atoms with Crippen LogP contribution in [0.15, 0.2) is 66.7 Å². The third-order valence-electron chi connectivity index (χ3n) is 5.80. The van der Waals surface area contributed by atoms with Gasteiger partial charge in [0.15, 0.2) is 0 Å². The van der Waals surface area contributed by atoms with Gasteiger partial charge in [0, 0.05) is 6.54 Å². The first-order valence-corrected chi connectivity index (χ1v) is 12.2. The van der Waals surface area contributed by atoms with E-state index in [0.717, 1.165) is 28.5 Å². The van der Waals surface area contributed by atoms with Crippen LogP contribution in [0.25, 0.3) is 10.8 Å². The van der Waals surface area contributed by atoms with Gasteiger partial charge in [0.2, 0.25) is 0 Å². The van der Waals surface area contributed by atoms with Crippen molar-refractivity contribution < 1.29 is 41.8 Å². The molecule has 208 valence electrons. The summed E-state index contributed by atoms with van der Waals surface area (Å²) in [6.45, 7) is 0.144. The Labute approximate surface area is 223 Å². The highest BCUT2D eigenvalue weighted by atomic mass is 19.4. The zero-order valence-corrected chi connectivity index (χ0v) is 21.3. The highest BCUT2D eigenvalue weighted by Crippen LogP contribution is 2.29. The van der Waals surface area contributed by atoms with Crippen molar-refractivity contribution in [2.75, 3.05) is 13.7 Å². The number of nitrogens with one attached hydrogen (secondary N) is 2. The Morgan fingerprint density at radius 2 is 1.46 bits per heavy atom. The fourth-order valence-corrected chi connectivity index (χ4v) is 3.71. The summed E-state index contributed by atoms with van der Waals surface area (Å²) in [6.07, 6.45) is -4.77. The van der Waals surface area contributed by atoms with E-state index in [1.807, 2.05) is 42.5 Å². The lowest BCUT2D eigenvalue weighted by molar-refractivity contribution is -0.143. The first-order valence-electron chi connectivity index (χ1n) is 12.2. The monoisotopic (exact) mass is 546 g/mol. The van der Waals surface area contributed by atoms with Crippen molar-refractivity contribution >= 4 is 28.9 Å². The van der Waals surface area contributed by atoms with E-state index in [9.17, 15) is 27.6 Å². The van der Waals surface area contributed by atoms with Crippen molar-refractivity contribution in [1.29, 1.82) is 0 Å². The van der Waals surface area contributed by atoms with Gasteiger partial charge >= 0.3 is 24.3 Å². The van der Waals surface area contributed by atoms with Crippen LogP contribution in [0.2, 0.25) is 0 Å². The standard InChI is InChI=1S/C28H29F3N2O6/c1-37-25(34)24(33-27(36)39-17-19-10-13-23(14-11-19)28(29,30)31)8-4-5-15-32-26(35)38-18-20-9-12-21-6-2-3-7-22(21)16-20/h2-3,6-7,9-14,16,24H,4-5,8,15,17-18H2,1H3,(H,32,35)(H,33,36)/t24-/m0/s1. The Morgan fingerprint density at radius 1 is 0.821 bits per heavy atom. The van der Waals surface area contributed by atoms with E-state index in [1.54, 1.807) is 0 Å². The molecule has 0 bridgehead atoms. The third-order valence-corrected chi connectivity index (χ3v) is 5.80. The van der Waals surface area contributed by atoms with E-state index in [1.165, 1.54) is 19.2 Å². The van der Waals surface area contributed by atoms with Crippen LogP contribution in [-0.4, -0.2) is 37.9 Å². The molecule has 3 aromatic carbocycles. The molecule has 2 amide bonds. The molecule has 0 aliphatic carbocycles. The Hall–Kier alpha value is -4.28. The van der Waals surface area contributed by atoms with E-state index >= 15 is 0 Å². The molecule has 2 N–H and O–H groups in total. The Morgan fingerprint density at radius 3 is 2.15 bits per heavy atom. The van der Waals surface area contributed by atoms with Crippen LogP contribution >= 0.6 is 0 Å². The molecule has 0 saturated carbocycles. The Balaban J connectivity index is 1.34. The number of hydrogen-bond donors (Lipinski definition) is 2. The summed E-state index contributed by atoms with van der Waals surface area (Å²) < 4.78 is 52.9. The number of carbonyl (C=O) groups is 3. The molecule has 0 unspecified atom stereocenters. The molecule has 0 aliphatic rings. The van der Waals surface area contributed by atoms with E-state index in [4.69, 9.17) is 14.2 Å². The normalized spacial score (nSPS) is 11.9. The predicted molar refractivity (Wildman–Crippen MR) is 137 cm³/mol. The first-order chi connectivity index (χ1) is 18.7. The Bertz CT molecular complexity index is 1260. The van der Waals surface area contributed by atoms with Crippen LogP contribution < -0.4 is 10.6 Å². The quantitative estimate of drug-likeness (QED) is 0.181. The Kier molecular flexibility index (Phi) is 10.5. The van der Waals surface area contributed by atoms with Gasteiger partial charge in [-0.25, -0.2) is 14.4 Å². The van der Waals surface area contributed by atoms with Gasteiger partial charge in [0.1, 0.15) is 19.3 Å². The fourth-order valence-electron chi connectivity index (χ4n) is 3.71. The van der Waals surface area contributed by atoms with Gasteiger partial charge in [-0.2, -0.15) is 13.2 Å². The number of amides is 2. The molecule has 0 spiro atoms. The van der Waals surface area contributed by atoms with Gasteiger partial charge < -0.3 is 24.8 Å². The molecule has 8 nitrogen and oxygen atoms in total. The molecule has 0 aliphatic heterocycles. The van der Waals surface area contributed by atoms with Gasteiger partial charge in [0.05, 0.1) is 12.7 Å². The molecule has 11 heteroatoms. The lowest BCUT2D eigenvalue weighted by atomic mass is 10.1. The number of benzene rings is 3. The highest BCUT2D eigenvalue weighted by Gasteiger charge is 2.30. The van der Waals surface area contributed by atoms with E-state index in [2.05, 4.69) is 10.6 Å². The van der Waals surface area contributed by atoms with Crippen LogP contribution in [0.1, 0.15) is 36.0 Å². The topological polar surface area (TPSA) is 103 Å². The van der Waals surface area contributed by atoms with Crippen LogP contribution in [0.3, 0.4) is 0 Å². The molecule has 3 rings (SSSR count). The lowest BCUT2D eigenvalue weighted by Crippen LogP contribution is -2.41. The second-order valence-electron chi connectivity index (χ2n) is 8.67.